The van der Waals surface area contributed by atoms with E-state index in [1.807, 2.05) is 12.1 Å². The number of nitrogens with zero attached hydrogens (tertiary/aromatic N) is 1. The van der Waals surface area contributed by atoms with Crippen LogP contribution in [-0.4, -0.2) is 15.8 Å². The average Bonchev–Trinajstić information content (AvgIpc) is 2.42. The first kappa shape index (κ1) is 10.3. The topological polar surface area (TPSA) is 51.5 Å². The Morgan fingerprint density at radius 1 is 1.53 bits per heavy atom. The molecule has 2 rings (SSSR count). The zero-order chi connectivity index (χ0) is 11.0. The van der Waals surface area contributed by atoms with E-state index in [-0.39, 0.29) is 5.75 Å². The zero-order valence-corrected chi connectivity index (χ0v) is 10.1. The minimum absolute atomic E-state index is 0.102. The Labute approximate surface area is 99.5 Å². The van der Waals surface area contributed by atoms with E-state index < -0.39 is 5.97 Å². The SMILES string of the molecule is CC(=O)On1cc(O)c2cc(I)ccc21. The molecule has 0 saturated carbocycles. The normalized spacial score (nSPS) is 10.5. The van der Waals surface area contributed by atoms with Crippen molar-refractivity contribution < 1.29 is 14.7 Å². The van der Waals surface area contributed by atoms with Crippen molar-refractivity contribution in [3.8, 4) is 5.75 Å². The van der Waals surface area contributed by atoms with Gasteiger partial charge in [0, 0.05) is 15.9 Å². The Morgan fingerprint density at radius 3 is 2.93 bits per heavy atom. The van der Waals surface area contributed by atoms with Gasteiger partial charge < -0.3 is 9.94 Å². The summed E-state index contributed by atoms with van der Waals surface area (Å²) in [4.78, 5) is 15.7. The molecule has 0 aliphatic rings. The smallest absolute Gasteiger partial charge is 0.329 e. The lowest BCUT2D eigenvalue weighted by atomic mass is 10.2. The second kappa shape index (κ2) is 3.73. The van der Waals surface area contributed by atoms with Crippen LogP contribution in [0.1, 0.15) is 6.92 Å². The molecule has 0 atom stereocenters. The molecule has 0 radical (unpaired) electrons. The van der Waals surface area contributed by atoms with Gasteiger partial charge in [-0.15, -0.1) is 0 Å². The van der Waals surface area contributed by atoms with Crippen molar-refractivity contribution in [1.29, 1.82) is 0 Å². The lowest BCUT2D eigenvalue weighted by molar-refractivity contribution is -0.140. The molecule has 5 heteroatoms. The lowest BCUT2D eigenvalue weighted by Crippen LogP contribution is -2.14. The highest BCUT2D eigenvalue weighted by Gasteiger charge is 2.09. The number of fused-ring (bicyclic) bond motifs is 1. The Morgan fingerprint density at radius 2 is 2.27 bits per heavy atom. The third-order valence-corrected chi connectivity index (χ3v) is 2.61. The Hall–Kier alpha value is -1.24. The maximum absolute atomic E-state index is 10.8. The van der Waals surface area contributed by atoms with E-state index in [1.165, 1.54) is 17.9 Å². The van der Waals surface area contributed by atoms with Crippen LogP contribution in [-0.2, 0) is 4.79 Å². The van der Waals surface area contributed by atoms with Crippen LogP contribution in [0.15, 0.2) is 24.4 Å². The highest BCUT2D eigenvalue weighted by Crippen LogP contribution is 2.27. The number of benzene rings is 1. The summed E-state index contributed by atoms with van der Waals surface area (Å²) in [7, 11) is 0. The predicted molar refractivity (Wildman–Crippen MR) is 63.6 cm³/mol. The fourth-order valence-electron chi connectivity index (χ4n) is 1.37. The van der Waals surface area contributed by atoms with Gasteiger partial charge in [0.25, 0.3) is 0 Å². The van der Waals surface area contributed by atoms with E-state index in [2.05, 4.69) is 22.6 Å². The second-order valence-corrected chi connectivity index (χ2v) is 4.33. The third kappa shape index (κ3) is 1.92. The molecule has 1 N–H and O–H groups in total. The van der Waals surface area contributed by atoms with Gasteiger partial charge in [0.1, 0.15) is 5.75 Å². The molecule has 1 aromatic carbocycles. The quantitative estimate of drug-likeness (QED) is 0.818. The maximum Gasteiger partial charge on any atom is 0.329 e. The molecule has 78 valence electrons. The number of carbonyl (C=O) groups excluding carboxylic acids is 1. The highest BCUT2D eigenvalue weighted by molar-refractivity contribution is 14.1. The van der Waals surface area contributed by atoms with Crippen molar-refractivity contribution in [3.05, 3.63) is 28.0 Å². The molecule has 0 aliphatic heterocycles. The van der Waals surface area contributed by atoms with Gasteiger partial charge in [-0.3, -0.25) is 0 Å². The van der Waals surface area contributed by atoms with Gasteiger partial charge >= 0.3 is 5.97 Å². The van der Waals surface area contributed by atoms with Crippen molar-refractivity contribution in [3.63, 3.8) is 0 Å². The van der Waals surface area contributed by atoms with Crippen LogP contribution >= 0.6 is 22.6 Å². The fourth-order valence-corrected chi connectivity index (χ4v) is 1.86. The summed E-state index contributed by atoms with van der Waals surface area (Å²) in [5.41, 5.74) is 0.670. The molecule has 0 unspecified atom stereocenters. The van der Waals surface area contributed by atoms with E-state index in [0.717, 1.165) is 3.57 Å². The number of rotatable bonds is 1. The number of aromatic nitrogens is 1. The van der Waals surface area contributed by atoms with E-state index in [0.29, 0.717) is 10.9 Å². The zero-order valence-electron chi connectivity index (χ0n) is 7.90. The van der Waals surface area contributed by atoms with Crippen LogP contribution in [0.3, 0.4) is 0 Å². The summed E-state index contributed by atoms with van der Waals surface area (Å²) in [5.74, 6) is -0.324. The molecule has 0 amide bonds. The van der Waals surface area contributed by atoms with Crippen LogP contribution < -0.4 is 4.84 Å². The van der Waals surface area contributed by atoms with Crippen LogP contribution in [0.25, 0.3) is 10.9 Å². The Bertz CT molecular complexity index is 533. The summed E-state index contributed by atoms with van der Waals surface area (Å²) in [6.07, 6.45) is 1.38. The Balaban J connectivity index is 2.62. The molecule has 1 aromatic heterocycles. The van der Waals surface area contributed by atoms with Crippen LogP contribution in [0.5, 0.6) is 5.75 Å². The number of hydrogen-bond acceptors (Lipinski definition) is 3. The van der Waals surface area contributed by atoms with Gasteiger partial charge in [-0.1, -0.05) is 0 Å². The largest absolute Gasteiger partial charge is 0.506 e. The summed E-state index contributed by atoms with van der Waals surface area (Å²) in [5, 5.41) is 10.3. The van der Waals surface area contributed by atoms with Gasteiger partial charge in [-0.25, -0.2) is 4.79 Å². The predicted octanol–water partition coefficient (Wildman–Crippen LogP) is 1.93. The van der Waals surface area contributed by atoms with Crippen LogP contribution in [0.2, 0.25) is 0 Å². The third-order valence-electron chi connectivity index (χ3n) is 1.94. The minimum atomic E-state index is -0.426. The van der Waals surface area contributed by atoms with Gasteiger partial charge in [0.05, 0.1) is 11.7 Å². The monoisotopic (exact) mass is 317 g/mol. The minimum Gasteiger partial charge on any atom is -0.506 e. The number of carbonyl (C=O) groups is 1. The van der Waals surface area contributed by atoms with E-state index in [4.69, 9.17) is 4.84 Å². The molecule has 4 nitrogen and oxygen atoms in total. The molecule has 2 aromatic rings. The summed E-state index contributed by atoms with van der Waals surface area (Å²) < 4.78 is 2.28. The van der Waals surface area contributed by atoms with Gasteiger partial charge in [0.15, 0.2) is 0 Å². The second-order valence-electron chi connectivity index (χ2n) is 3.08. The molecular formula is C10H8INO3. The summed E-state index contributed by atoms with van der Waals surface area (Å²) >= 11 is 2.15. The summed E-state index contributed by atoms with van der Waals surface area (Å²) in [6, 6.07) is 5.49. The van der Waals surface area contributed by atoms with E-state index in [1.54, 1.807) is 6.07 Å². The first-order valence-corrected chi connectivity index (χ1v) is 5.34. The standard InChI is InChI=1S/C10H8INO3/c1-6(13)15-12-5-10(14)8-4-7(11)2-3-9(8)12/h2-5,14H,1H3. The van der Waals surface area contributed by atoms with E-state index in [9.17, 15) is 9.90 Å². The molecule has 0 fully saturated rings. The van der Waals surface area contributed by atoms with E-state index >= 15 is 0 Å². The highest BCUT2D eigenvalue weighted by atomic mass is 127. The maximum atomic E-state index is 10.8. The van der Waals surface area contributed by atoms with Gasteiger partial charge in [0.2, 0.25) is 0 Å². The Kier molecular flexibility index (Phi) is 2.56. The molecular weight excluding hydrogens is 309 g/mol. The molecule has 0 saturated heterocycles. The lowest BCUT2D eigenvalue weighted by Gasteiger charge is -2.02. The van der Waals surface area contributed by atoms with Crippen molar-refractivity contribution in [2.45, 2.75) is 6.92 Å². The number of halogens is 1. The van der Waals surface area contributed by atoms with Crippen molar-refractivity contribution >= 4 is 39.5 Å². The van der Waals surface area contributed by atoms with Crippen LogP contribution in [0, 0.1) is 3.57 Å². The number of aromatic hydroxyl groups is 1. The molecule has 0 aliphatic carbocycles. The van der Waals surface area contributed by atoms with Crippen molar-refractivity contribution in [1.82, 2.24) is 4.73 Å². The average molecular weight is 317 g/mol. The van der Waals surface area contributed by atoms with Crippen molar-refractivity contribution in [2.75, 3.05) is 0 Å². The molecule has 15 heavy (non-hydrogen) atoms. The summed E-state index contributed by atoms with van der Waals surface area (Å²) in [6.45, 7) is 1.32. The van der Waals surface area contributed by atoms with Gasteiger partial charge in [-0.2, -0.15) is 4.73 Å². The van der Waals surface area contributed by atoms with Crippen LogP contribution in [0.4, 0.5) is 0 Å². The van der Waals surface area contributed by atoms with Crippen molar-refractivity contribution in [2.24, 2.45) is 0 Å². The van der Waals surface area contributed by atoms with Gasteiger partial charge in [-0.05, 0) is 40.8 Å². The molecule has 0 spiro atoms. The fraction of sp³-hybridized carbons (Fsp3) is 0.100. The first-order valence-electron chi connectivity index (χ1n) is 4.26. The first-order chi connectivity index (χ1) is 7.08. The number of hydrogen-bond donors (Lipinski definition) is 1. The molecule has 0 bridgehead atoms. The molecule has 1 heterocycles.